The van der Waals surface area contributed by atoms with Crippen molar-refractivity contribution in [3.63, 3.8) is 0 Å². The van der Waals surface area contributed by atoms with E-state index in [-0.39, 0.29) is 0 Å². The minimum absolute atomic E-state index is 0.803. The molecule has 0 saturated heterocycles. The van der Waals surface area contributed by atoms with Crippen molar-refractivity contribution in [2.75, 3.05) is 6.26 Å². The second-order valence-electron chi connectivity index (χ2n) is 3.17. The van der Waals surface area contributed by atoms with Gasteiger partial charge in [-0.2, -0.15) is 0 Å². The van der Waals surface area contributed by atoms with Crippen LogP contribution < -0.4 is 0 Å². The van der Waals surface area contributed by atoms with Gasteiger partial charge in [-0.3, -0.25) is 0 Å². The molecule has 0 aromatic heterocycles. The zero-order valence-electron chi connectivity index (χ0n) is 6.92. The summed E-state index contributed by atoms with van der Waals surface area (Å²) in [5, 5.41) is 0. The highest BCUT2D eigenvalue weighted by atomic mass is 32.2. The van der Waals surface area contributed by atoms with Crippen molar-refractivity contribution in [3.8, 4) is 0 Å². The summed E-state index contributed by atoms with van der Waals surface area (Å²) in [7, 11) is 0. The molecule has 0 heterocycles. The fourth-order valence-corrected chi connectivity index (χ4v) is 2.10. The molecule has 1 aliphatic carbocycles. The predicted octanol–water partition coefficient (Wildman–Crippen LogP) is 3.07. The smallest absolute Gasteiger partial charge is 0.00721 e. The van der Waals surface area contributed by atoms with E-state index in [1.807, 2.05) is 11.8 Å². The molecule has 1 unspecified atom stereocenters. The van der Waals surface area contributed by atoms with E-state index < -0.39 is 0 Å². The lowest BCUT2D eigenvalue weighted by Gasteiger charge is -2.27. The van der Waals surface area contributed by atoms with E-state index in [0.29, 0.717) is 0 Å². The number of benzene rings is 1. The summed E-state index contributed by atoms with van der Waals surface area (Å²) >= 11 is 1.83. The molecular weight excluding hydrogens is 152 g/mol. The Morgan fingerprint density at radius 1 is 1.45 bits per heavy atom. The van der Waals surface area contributed by atoms with Crippen LogP contribution in [-0.4, -0.2) is 6.26 Å². The Morgan fingerprint density at radius 2 is 2.27 bits per heavy atom. The predicted molar refractivity (Wildman–Crippen MR) is 50.3 cm³/mol. The topological polar surface area (TPSA) is 0 Å². The molecule has 58 valence electrons. The molecule has 0 spiro atoms. The van der Waals surface area contributed by atoms with Crippen molar-refractivity contribution in [2.45, 2.75) is 24.2 Å². The fraction of sp³-hybridized carbons (Fsp3) is 0.400. The highest BCUT2D eigenvalue weighted by Gasteiger charge is 2.21. The molecule has 0 bridgehead atoms. The first kappa shape index (κ1) is 7.23. The van der Waals surface area contributed by atoms with Gasteiger partial charge < -0.3 is 0 Å². The van der Waals surface area contributed by atoms with Crippen molar-refractivity contribution in [3.05, 3.63) is 29.3 Å². The highest BCUT2D eigenvalue weighted by Crippen LogP contribution is 2.36. The molecule has 1 heteroatoms. The average molecular weight is 164 g/mol. The van der Waals surface area contributed by atoms with Gasteiger partial charge in [0.2, 0.25) is 0 Å². The summed E-state index contributed by atoms with van der Waals surface area (Å²) in [4.78, 5) is 1.40. The summed E-state index contributed by atoms with van der Waals surface area (Å²) in [5.41, 5.74) is 3.12. The van der Waals surface area contributed by atoms with Crippen molar-refractivity contribution < 1.29 is 0 Å². The molecule has 1 aliphatic rings. The van der Waals surface area contributed by atoms with Crippen molar-refractivity contribution in [2.24, 2.45) is 0 Å². The Morgan fingerprint density at radius 3 is 2.91 bits per heavy atom. The van der Waals surface area contributed by atoms with Crippen LogP contribution in [0.5, 0.6) is 0 Å². The molecule has 0 aliphatic heterocycles. The van der Waals surface area contributed by atoms with Gasteiger partial charge in [0.25, 0.3) is 0 Å². The first-order valence-electron chi connectivity index (χ1n) is 3.98. The average Bonchev–Trinajstić information content (AvgIpc) is 2.03. The number of fused-ring (bicyclic) bond motifs is 1. The van der Waals surface area contributed by atoms with E-state index >= 15 is 0 Å². The lowest BCUT2D eigenvalue weighted by Crippen LogP contribution is -2.13. The van der Waals surface area contributed by atoms with E-state index in [1.165, 1.54) is 11.3 Å². The summed E-state index contributed by atoms with van der Waals surface area (Å²) in [5.74, 6) is 0.803. The lowest BCUT2D eigenvalue weighted by molar-refractivity contribution is 0.664. The van der Waals surface area contributed by atoms with Crippen molar-refractivity contribution in [1.29, 1.82) is 0 Å². The van der Waals surface area contributed by atoms with Gasteiger partial charge >= 0.3 is 0 Å². The molecule has 0 amide bonds. The number of hydrogen-bond acceptors (Lipinski definition) is 1. The standard InChI is InChI=1S/C10H12S/c1-7-5-8-3-4-9(11-2)6-10(7)8/h3-4,6-7H,5H2,1-2H3. The number of hydrogen-bond donors (Lipinski definition) is 0. The molecule has 0 N–H and O–H groups in total. The van der Waals surface area contributed by atoms with Gasteiger partial charge in [-0.05, 0) is 41.9 Å². The van der Waals surface area contributed by atoms with Crippen LogP contribution in [0.3, 0.4) is 0 Å². The zero-order valence-corrected chi connectivity index (χ0v) is 7.74. The Hall–Kier alpha value is -0.430. The maximum absolute atomic E-state index is 2.33. The molecule has 0 saturated carbocycles. The van der Waals surface area contributed by atoms with E-state index in [1.54, 1.807) is 11.1 Å². The molecule has 2 rings (SSSR count). The molecule has 11 heavy (non-hydrogen) atoms. The van der Waals surface area contributed by atoms with Gasteiger partial charge in [0, 0.05) is 4.90 Å². The molecule has 0 radical (unpaired) electrons. The molecule has 1 aromatic rings. The minimum Gasteiger partial charge on any atom is -0.130 e. The second kappa shape index (κ2) is 2.56. The van der Waals surface area contributed by atoms with Crippen LogP contribution in [0.2, 0.25) is 0 Å². The highest BCUT2D eigenvalue weighted by molar-refractivity contribution is 7.98. The fourth-order valence-electron chi connectivity index (χ4n) is 1.65. The van der Waals surface area contributed by atoms with Gasteiger partial charge in [-0.1, -0.05) is 13.0 Å². The SMILES string of the molecule is CSc1ccc2c(c1)C(C)C2. The van der Waals surface area contributed by atoms with Crippen LogP contribution in [0.25, 0.3) is 0 Å². The first-order chi connectivity index (χ1) is 5.31. The number of thioether (sulfide) groups is 1. The van der Waals surface area contributed by atoms with Crippen molar-refractivity contribution in [1.82, 2.24) is 0 Å². The number of rotatable bonds is 1. The summed E-state index contributed by atoms with van der Waals surface area (Å²) in [6.07, 6.45) is 3.41. The largest absolute Gasteiger partial charge is 0.130 e. The van der Waals surface area contributed by atoms with Crippen LogP contribution in [0.1, 0.15) is 24.0 Å². The second-order valence-corrected chi connectivity index (χ2v) is 4.05. The Kier molecular flexibility index (Phi) is 1.68. The van der Waals surface area contributed by atoms with Crippen LogP contribution in [0.15, 0.2) is 23.1 Å². The normalized spacial score (nSPS) is 20.7. The molecule has 0 nitrogen and oxygen atoms in total. The third-order valence-corrected chi connectivity index (χ3v) is 3.14. The van der Waals surface area contributed by atoms with Gasteiger partial charge in [0.1, 0.15) is 0 Å². The Labute approximate surface area is 72.0 Å². The molecular formula is C10H12S. The first-order valence-corrected chi connectivity index (χ1v) is 5.20. The molecule has 1 atom stereocenters. The van der Waals surface area contributed by atoms with Crippen molar-refractivity contribution >= 4 is 11.8 Å². The van der Waals surface area contributed by atoms with Crippen LogP contribution >= 0.6 is 11.8 Å². The third-order valence-electron chi connectivity index (χ3n) is 2.41. The quantitative estimate of drug-likeness (QED) is 0.575. The van der Waals surface area contributed by atoms with Crippen LogP contribution in [0.4, 0.5) is 0 Å². The zero-order chi connectivity index (χ0) is 7.84. The Bertz CT molecular complexity index is 278. The lowest BCUT2D eigenvalue weighted by atomic mass is 9.79. The van der Waals surface area contributed by atoms with E-state index in [4.69, 9.17) is 0 Å². The van der Waals surface area contributed by atoms with Gasteiger partial charge in [0.05, 0.1) is 0 Å². The minimum atomic E-state index is 0.803. The molecule has 0 fully saturated rings. The van der Waals surface area contributed by atoms with Gasteiger partial charge in [-0.15, -0.1) is 11.8 Å². The van der Waals surface area contributed by atoms with Crippen LogP contribution in [0, 0.1) is 0 Å². The molecule has 1 aromatic carbocycles. The van der Waals surface area contributed by atoms with E-state index in [0.717, 1.165) is 5.92 Å². The maximum Gasteiger partial charge on any atom is 0.00721 e. The maximum atomic E-state index is 2.33. The third kappa shape index (κ3) is 1.08. The van der Waals surface area contributed by atoms with E-state index in [9.17, 15) is 0 Å². The summed E-state index contributed by atoms with van der Waals surface area (Å²) in [6, 6.07) is 6.81. The summed E-state index contributed by atoms with van der Waals surface area (Å²) in [6.45, 7) is 2.30. The van der Waals surface area contributed by atoms with Crippen LogP contribution in [-0.2, 0) is 6.42 Å². The monoisotopic (exact) mass is 164 g/mol. The van der Waals surface area contributed by atoms with Gasteiger partial charge in [-0.25, -0.2) is 0 Å². The van der Waals surface area contributed by atoms with Gasteiger partial charge in [0.15, 0.2) is 0 Å². The summed E-state index contributed by atoms with van der Waals surface area (Å²) < 4.78 is 0. The Balaban J connectivity index is 2.40. The van der Waals surface area contributed by atoms with E-state index in [2.05, 4.69) is 31.4 Å².